The minimum absolute atomic E-state index is 0.0401. The molecule has 2 aromatic heterocycles. The van der Waals surface area contributed by atoms with E-state index in [-0.39, 0.29) is 11.7 Å². The highest BCUT2D eigenvalue weighted by atomic mass is 32.2. The second-order valence-corrected chi connectivity index (χ2v) is 7.70. The van der Waals surface area contributed by atoms with E-state index in [1.54, 1.807) is 29.9 Å². The maximum absolute atomic E-state index is 12.5. The molecule has 2 aromatic carbocycles. The zero-order valence-corrected chi connectivity index (χ0v) is 18.0. The Hall–Kier alpha value is -3.59. The van der Waals surface area contributed by atoms with Gasteiger partial charge in [0.1, 0.15) is 5.75 Å². The van der Waals surface area contributed by atoms with Crippen molar-refractivity contribution >= 4 is 17.7 Å². The molecule has 8 nitrogen and oxygen atoms in total. The molecule has 0 aliphatic carbocycles. The van der Waals surface area contributed by atoms with Crippen molar-refractivity contribution in [2.75, 3.05) is 19.9 Å². The fourth-order valence-corrected chi connectivity index (χ4v) is 3.58. The third-order valence-electron chi connectivity index (χ3n) is 4.56. The second kappa shape index (κ2) is 9.48. The molecule has 1 amide bonds. The Morgan fingerprint density at radius 2 is 1.90 bits per heavy atom. The first-order chi connectivity index (χ1) is 15.1. The fourth-order valence-electron chi connectivity index (χ4n) is 2.88. The monoisotopic (exact) mass is 435 g/mol. The summed E-state index contributed by atoms with van der Waals surface area (Å²) in [7, 11) is 3.37. The van der Waals surface area contributed by atoms with Gasteiger partial charge in [0, 0.05) is 30.9 Å². The predicted molar refractivity (Wildman–Crippen MR) is 117 cm³/mol. The first kappa shape index (κ1) is 20.7. The third kappa shape index (κ3) is 5.13. The minimum Gasteiger partial charge on any atom is -0.497 e. The number of rotatable bonds is 8. The average Bonchev–Trinajstić information content (AvgIpc) is 3.48. The van der Waals surface area contributed by atoms with Crippen molar-refractivity contribution in [1.82, 2.24) is 24.9 Å². The van der Waals surface area contributed by atoms with Crippen LogP contribution in [0.3, 0.4) is 0 Å². The van der Waals surface area contributed by atoms with Gasteiger partial charge in [-0.2, -0.15) is 5.10 Å². The van der Waals surface area contributed by atoms with Crippen molar-refractivity contribution < 1.29 is 13.9 Å². The number of hydrogen-bond acceptors (Lipinski definition) is 7. The van der Waals surface area contributed by atoms with Crippen LogP contribution in [0.15, 0.2) is 76.6 Å². The van der Waals surface area contributed by atoms with E-state index in [1.165, 1.54) is 11.8 Å². The van der Waals surface area contributed by atoms with Crippen LogP contribution in [0.5, 0.6) is 5.75 Å². The van der Waals surface area contributed by atoms with Gasteiger partial charge in [-0.3, -0.25) is 4.79 Å². The summed E-state index contributed by atoms with van der Waals surface area (Å²) in [4.78, 5) is 14.2. The average molecular weight is 436 g/mol. The number of amides is 1. The molecule has 2 heterocycles. The van der Waals surface area contributed by atoms with Crippen molar-refractivity contribution in [3.8, 4) is 22.9 Å². The summed E-state index contributed by atoms with van der Waals surface area (Å²) in [6.45, 7) is 0.465. The number of ether oxygens (including phenoxy) is 1. The van der Waals surface area contributed by atoms with E-state index < -0.39 is 0 Å². The Morgan fingerprint density at radius 3 is 2.65 bits per heavy atom. The van der Waals surface area contributed by atoms with E-state index >= 15 is 0 Å². The van der Waals surface area contributed by atoms with Crippen LogP contribution in [0.2, 0.25) is 0 Å². The first-order valence-corrected chi connectivity index (χ1v) is 10.5. The van der Waals surface area contributed by atoms with Crippen molar-refractivity contribution in [2.45, 2.75) is 11.8 Å². The van der Waals surface area contributed by atoms with Gasteiger partial charge in [-0.15, -0.1) is 10.2 Å². The van der Waals surface area contributed by atoms with E-state index in [0.29, 0.717) is 17.7 Å². The standard InChI is InChI=1S/C22H21N5O3S/c1-26(13-16-12-23-27(14-16)18-6-4-3-5-7-18)20(28)15-31-22-25-24-21(30-22)17-8-10-19(29-2)11-9-17/h3-12,14H,13,15H2,1-2H3. The molecule has 9 heteroatoms. The van der Waals surface area contributed by atoms with Crippen molar-refractivity contribution in [3.63, 3.8) is 0 Å². The SMILES string of the molecule is COc1ccc(-c2nnc(SCC(=O)N(C)Cc3cnn(-c4ccccc4)c3)o2)cc1. The lowest BCUT2D eigenvalue weighted by Gasteiger charge is -2.15. The number of para-hydroxylation sites is 1. The predicted octanol–water partition coefficient (Wildman–Crippen LogP) is 3.68. The maximum atomic E-state index is 12.5. The van der Waals surface area contributed by atoms with Crippen LogP contribution in [0.1, 0.15) is 5.56 Å². The Bertz CT molecular complexity index is 1140. The van der Waals surface area contributed by atoms with E-state index in [9.17, 15) is 4.79 Å². The molecule has 0 fully saturated rings. The molecule has 31 heavy (non-hydrogen) atoms. The number of carbonyl (C=O) groups is 1. The smallest absolute Gasteiger partial charge is 0.277 e. The number of carbonyl (C=O) groups excluding carboxylic acids is 1. The van der Waals surface area contributed by atoms with Crippen LogP contribution in [0.25, 0.3) is 17.1 Å². The first-order valence-electron chi connectivity index (χ1n) is 9.56. The molecule has 0 saturated carbocycles. The lowest BCUT2D eigenvalue weighted by Crippen LogP contribution is -2.27. The van der Waals surface area contributed by atoms with Gasteiger partial charge in [-0.25, -0.2) is 4.68 Å². The summed E-state index contributed by atoms with van der Waals surface area (Å²) in [6.07, 6.45) is 3.69. The van der Waals surface area contributed by atoms with E-state index in [0.717, 1.165) is 22.6 Å². The summed E-state index contributed by atoms with van der Waals surface area (Å²) >= 11 is 1.22. The highest BCUT2D eigenvalue weighted by molar-refractivity contribution is 7.99. The number of nitrogens with zero attached hydrogens (tertiary/aromatic N) is 5. The normalized spacial score (nSPS) is 10.8. The van der Waals surface area contributed by atoms with E-state index in [1.807, 2.05) is 60.8 Å². The van der Waals surface area contributed by atoms with Gasteiger partial charge in [0.25, 0.3) is 5.22 Å². The lowest BCUT2D eigenvalue weighted by atomic mass is 10.2. The number of hydrogen-bond donors (Lipinski definition) is 0. The summed E-state index contributed by atoms with van der Waals surface area (Å²) in [5, 5.41) is 12.8. The Balaban J connectivity index is 1.30. The van der Waals surface area contributed by atoms with Gasteiger partial charge in [-0.05, 0) is 36.4 Å². The van der Waals surface area contributed by atoms with Gasteiger partial charge in [-0.1, -0.05) is 30.0 Å². The molecule has 0 spiro atoms. The molecule has 158 valence electrons. The summed E-state index contributed by atoms with van der Waals surface area (Å²) in [6, 6.07) is 17.2. The van der Waals surface area contributed by atoms with Crippen LogP contribution >= 0.6 is 11.8 Å². The molecule has 0 aliphatic rings. The highest BCUT2D eigenvalue weighted by Gasteiger charge is 2.15. The number of benzene rings is 2. The van der Waals surface area contributed by atoms with E-state index in [2.05, 4.69) is 15.3 Å². The quantitative estimate of drug-likeness (QED) is 0.390. The van der Waals surface area contributed by atoms with Gasteiger partial charge < -0.3 is 14.1 Å². The van der Waals surface area contributed by atoms with Crippen LogP contribution in [0, 0.1) is 0 Å². The van der Waals surface area contributed by atoms with Crippen molar-refractivity contribution in [1.29, 1.82) is 0 Å². The summed E-state index contributed by atoms with van der Waals surface area (Å²) < 4.78 is 12.6. The van der Waals surface area contributed by atoms with Gasteiger partial charge in [0.2, 0.25) is 11.8 Å². The molecule has 0 bridgehead atoms. The number of methoxy groups -OCH3 is 1. The zero-order chi connectivity index (χ0) is 21.6. The Morgan fingerprint density at radius 1 is 1.13 bits per heavy atom. The second-order valence-electron chi connectivity index (χ2n) is 6.77. The van der Waals surface area contributed by atoms with Crippen molar-refractivity contribution in [3.05, 3.63) is 72.6 Å². The largest absolute Gasteiger partial charge is 0.497 e. The molecule has 0 aliphatic heterocycles. The van der Waals surface area contributed by atoms with Gasteiger partial charge >= 0.3 is 0 Å². The van der Waals surface area contributed by atoms with Crippen LogP contribution in [-0.2, 0) is 11.3 Å². The molecular formula is C22H21N5O3S. The third-order valence-corrected chi connectivity index (χ3v) is 5.37. The molecule has 0 unspecified atom stereocenters. The topological polar surface area (TPSA) is 86.3 Å². The molecule has 0 atom stereocenters. The summed E-state index contributed by atoms with van der Waals surface area (Å²) in [5.74, 6) is 1.31. The molecule has 4 aromatic rings. The minimum atomic E-state index is -0.0401. The lowest BCUT2D eigenvalue weighted by molar-refractivity contribution is -0.127. The van der Waals surface area contributed by atoms with E-state index in [4.69, 9.17) is 9.15 Å². The fraction of sp³-hybridized carbons (Fsp3) is 0.182. The molecule has 0 radical (unpaired) electrons. The Labute approximate surface area is 183 Å². The molecule has 0 N–H and O–H groups in total. The van der Waals surface area contributed by atoms with Crippen molar-refractivity contribution in [2.24, 2.45) is 0 Å². The number of aromatic nitrogens is 4. The zero-order valence-electron chi connectivity index (χ0n) is 17.1. The molecule has 0 saturated heterocycles. The van der Waals surface area contributed by atoms with Crippen LogP contribution in [-0.4, -0.2) is 50.7 Å². The van der Waals surface area contributed by atoms with Gasteiger partial charge in [0.05, 0.1) is 24.7 Å². The molecule has 4 rings (SSSR count). The molecular weight excluding hydrogens is 414 g/mol. The highest BCUT2D eigenvalue weighted by Crippen LogP contribution is 2.25. The van der Waals surface area contributed by atoms with Crippen LogP contribution < -0.4 is 4.74 Å². The Kier molecular flexibility index (Phi) is 6.32. The summed E-state index contributed by atoms with van der Waals surface area (Å²) in [5.41, 5.74) is 2.71. The van der Waals surface area contributed by atoms with Gasteiger partial charge in [0.15, 0.2) is 0 Å². The number of thioether (sulfide) groups is 1. The van der Waals surface area contributed by atoms with Crippen LogP contribution in [0.4, 0.5) is 0 Å². The maximum Gasteiger partial charge on any atom is 0.277 e.